The highest BCUT2D eigenvalue weighted by Crippen LogP contribution is 2.30. The first-order chi connectivity index (χ1) is 38.6. The molecular weight excluding hydrogens is 1000 g/mol. The van der Waals surface area contributed by atoms with Gasteiger partial charge in [-0.25, -0.2) is 0 Å². The number of allylic oxidation sites excluding steroid dienone is 1. The first-order valence-corrected chi connectivity index (χ1v) is 33.4. The monoisotopic (exact) mass is 1130 g/mol. The predicted molar refractivity (Wildman–Crippen MR) is 319 cm³/mol. The molecule has 0 bridgehead atoms. The van der Waals surface area contributed by atoms with Gasteiger partial charge in [0.15, 0.2) is 12.6 Å². The molecule has 14 nitrogen and oxygen atoms in total. The Kier molecular flexibility index (Phi) is 47.8. The van der Waals surface area contributed by atoms with E-state index in [1.54, 1.807) is 6.08 Å². The Balaban J connectivity index is 1.70. The van der Waals surface area contributed by atoms with Gasteiger partial charge in [0.05, 0.1) is 32.0 Å². The van der Waals surface area contributed by atoms with E-state index in [1.165, 1.54) is 238 Å². The van der Waals surface area contributed by atoms with Crippen molar-refractivity contribution >= 4 is 5.91 Å². The number of amides is 1. The zero-order valence-corrected chi connectivity index (χ0v) is 50.6. The second-order valence-electron chi connectivity index (χ2n) is 24.0. The summed E-state index contributed by atoms with van der Waals surface area (Å²) in [6.07, 6.45) is 44.0. The highest BCUT2D eigenvalue weighted by atomic mass is 16.7. The lowest BCUT2D eigenvalue weighted by Crippen LogP contribution is -2.65. The molecule has 14 heteroatoms. The summed E-state index contributed by atoms with van der Waals surface area (Å²) >= 11 is 0. The van der Waals surface area contributed by atoms with Gasteiger partial charge in [-0.3, -0.25) is 4.79 Å². The molecule has 2 aliphatic rings. The summed E-state index contributed by atoms with van der Waals surface area (Å²) in [5.74, 6) is -0.232. The molecule has 0 aromatic heterocycles. The van der Waals surface area contributed by atoms with Crippen LogP contribution >= 0.6 is 0 Å². The van der Waals surface area contributed by atoms with Gasteiger partial charge >= 0.3 is 0 Å². The van der Waals surface area contributed by atoms with E-state index in [4.69, 9.17) is 18.9 Å². The Hall–Kier alpha value is -1.27. The fourth-order valence-corrected chi connectivity index (χ4v) is 11.4. The van der Waals surface area contributed by atoms with Crippen molar-refractivity contribution in [2.75, 3.05) is 19.8 Å². The van der Waals surface area contributed by atoms with E-state index in [-0.39, 0.29) is 18.9 Å². The number of hydrogen-bond acceptors (Lipinski definition) is 13. The van der Waals surface area contributed by atoms with Gasteiger partial charge < -0.3 is 65.1 Å². The number of aliphatic hydroxyl groups excluding tert-OH is 8. The third-order valence-corrected chi connectivity index (χ3v) is 16.7. The van der Waals surface area contributed by atoms with Crippen molar-refractivity contribution in [2.24, 2.45) is 0 Å². The molecule has 0 spiro atoms. The first-order valence-electron chi connectivity index (χ1n) is 33.4. The number of rotatable bonds is 55. The summed E-state index contributed by atoms with van der Waals surface area (Å²) in [5, 5.41) is 87.3. The Morgan fingerprint density at radius 3 is 1.16 bits per heavy atom. The molecule has 0 aromatic carbocycles. The van der Waals surface area contributed by atoms with Crippen LogP contribution in [0.5, 0.6) is 0 Å². The zero-order chi connectivity index (χ0) is 57.4. The van der Waals surface area contributed by atoms with Gasteiger partial charge in [0, 0.05) is 6.42 Å². The van der Waals surface area contributed by atoms with Crippen LogP contribution in [0.3, 0.4) is 0 Å². The molecule has 2 fully saturated rings. The standard InChI is InChI=1S/C65H125NO13/c1-3-5-7-9-11-13-15-17-19-21-23-24-25-26-27-28-29-31-32-34-36-38-40-42-44-46-48-54(69)53(66-57(70)49-47-45-43-41-39-37-35-33-30-22-20-18-16-14-12-10-8-6-4-2)52-76-64-62(75)60(73)63(56(51-68)78-64)79-65-61(74)59(72)58(71)55(50-67)77-65/h46,48,53-56,58-65,67-69,71-75H,3-45,47,49-52H2,1-2H3,(H,66,70)/b48-46+. The van der Waals surface area contributed by atoms with Crippen LogP contribution in [0.4, 0.5) is 0 Å². The average Bonchev–Trinajstić information content (AvgIpc) is 3.46. The van der Waals surface area contributed by atoms with Crippen molar-refractivity contribution in [1.29, 1.82) is 0 Å². The number of ether oxygens (including phenoxy) is 4. The second kappa shape index (κ2) is 51.2. The van der Waals surface area contributed by atoms with E-state index in [0.717, 1.165) is 38.5 Å². The second-order valence-corrected chi connectivity index (χ2v) is 24.0. The molecular formula is C65H125NO13. The Morgan fingerprint density at radius 1 is 0.443 bits per heavy atom. The molecule has 0 saturated carbocycles. The van der Waals surface area contributed by atoms with Gasteiger partial charge in [0.2, 0.25) is 5.91 Å². The molecule has 2 rings (SSSR count). The molecule has 0 aromatic rings. The summed E-state index contributed by atoms with van der Waals surface area (Å²) in [6, 6.07) is -0.910. The van der Waals surface area contributed by atoms with Crippen LogP contribution < -0.4 is 5.32 Å². The van der Waals surface area contributed by atoms with Crippen LogP contribution in [-0.4, -0.2) is 140 Å². The van der Waals surface area contributed by atoms with Crippen LogP contribution in [0.2, 0.25) is 0 Å². The van der Waals surface area contributed by atoms with Gasteiger partial charge in [-0.2, -0.15) is 0 Å². The van der Waals surface area contributed by atoms with Gasteiger partial charge in [0.25, 0.3) is 0 Å². The summed E-state index contributed by atoms with van der Waals surface area (Å²) in [4.78, 5) is 13.3. The van der Waals surface area contributed by atoms with Crippen molar-refractivity contribution in [3.63, 3.8) is 0 Å². The highest BCUT2D eigenvalue weighted by Gasteiger charge is 2.51. The van der Waals surface area contributed by atoms with Crippen molar-refractivity contribution < 1.29 is 64.6 Å². The van der Waals surface area contributed by atoms with Crippen molar-refractivity contribution in [1.82, 2.24) is 5.32 Å². The van der Waals surface area contributed by atoms with Gasteiger partial charge in [0.1, 0.15) is 48.8 Å². The summed E-state index contributed by atoms with van der Waals surface area (Å²) in [5.41, 5.74) is 0. The average molecular weight is 1130 g/mol. The fourth-order valence-electron chi connectivity index (χ4n) is 11.4. The Labute approximate surface area is 482 Å². The summed E-state index contributed by atoms with van der Waals surface area (Å²) < 4.78 is 22.8. The van der Waals surface area contributed by atoms with Gasteiger partial charge in [-0.1, -0.05) is 289 Å². The number of carbonyl (C=O) groups excluding carboxylic acids is 1. The predicted octanol–water partition coefficient (Wildman–Crippen LogP) is 12.6. The molecule has 12 unspecified atom stereocenters. The molecule has 79 heavy (non-hydrogen) atoms. The summed E-state index contributed by atoms with van der Waals surface area (Å²) in [6.45, 7) is 2.85. The van der Waals surface area contributed by atoms with Crippen LogP contribution in [-0.2, 0) is 23.7 Å². The largest absolute Gasteiger partial charge is 0.394 e. The van der Waals surface area contributed by atoms with Gasteiger partial charge in [-0.15, -0.1) is 0 Å². The maximum Gasteiger partial charge on any atom is 0.220 e. The van der Waals surface area contributed by atoms with Gasteiger partial charge in [-0.05, 0) is 19.3 Å². The lowest BCUT2D eigenvalue weighted by Gasteiger charge is -2.46. The third kappa shape index (κ3) is 36.2. The minimum atomic E-state index is -1.79. The Morgan fingerprint density at radius 2 is 0.785 bits per heavy atom. The van der Waals surface area contributed by atoms with Crippen LogP contribution in [0.25, 0.3) is 0 Å². The molecule has 468 valence electrons. The molecule has 2 heterocycles. The topological polar surface area (TPSA) is 228 Å². The number of nitrogens with one attached hydrogen (secondary N) is 1. The van der Waals surface area contributed by atoms with E-state index in [9.17, 15) is 45.6 Å². The normalized spacial score (nSPS) is 24.4. The zero-order valence-electron chi connectivity index (χ0n) is 50.6. The number of aliphatic hydroxyl groups is 8. The highest BCUT2D eigenvalue weighted by molar-refractivity contribution is 5.76. The van der Waals surface area contributed by atoms with Crippen molar-refractivity contribution in [3.8, 4) is 0 Å². The SMILES string of the molecule is CCCCCCCCCCCCCCCCCCCCCCCCCC/C=C/C(O)C(COC1OC(CO)C(OC2OC(CO)C(O)C(O)C2O)C(O)C1O)NC(=O)CCCCCCCCCCCCCCCCCCCCC. The number of hydrogen-bond donors (Lipinski definition) is 9. The van der Waals surface area contributed by atoms with Crippen molar-refractivity contribution in [2.45, 2.75) is 376 Å². The molecule has 2 aliphatic heterocycles. The molecule has 2 saturated heterocycles. The minimum absolute atomic E-state index is 0.232. The quantitative estimate of drug-likeness (QED) is 0.0204. The minimum Gasteiger partial charge on any atom is -0.394 e. The van der Waals surface area contributed by atoms with Crippen LogP contribution in [0.15, 0.2) is 12.2 Å². The molecule has 0 radical (unpaired) electrons. The van der Waals surface area contributed by atoms with E-state index in [1.807, 2.05) is 6.08 Å². The molecule has 1 amide bonds. The van der Waals surface area contributed by atoms with E-state index in [2.05, 4.69) is 19.2 Å². The summed E-state index contributed by atoms with van der Waals surface area (Å²) in [7, 11) is 0. The lowest BCUT2D eigenvalue weighted by molar-refractivity contribution is -0.359. The van der Waals surface area contributed by atoms with Crippen LogP contribution in [0.1, 0.15) is 303 Å². The third-order valence-electron chi connectivity index (χ3n) is 16.7. The maximum atomic E-state index is 13.3. The van der Waals surface area contributed by atoms with E-state index >= 15 is 0 Å². The smallest absolute Gasteiger partial charge is 0.220 e. The lowest BCUT2D eigenvalue weighted by atomic mass is 9.97. The molecule has 12 atom stereocenters. The fraction of sp³-hybridized carbons (Fsp3) is 0.954. The van der Waals surface area contributed by atoms with E-state index in [0.29, 0.717) is 6.42 Å². The van der Waals surface area contributed by atoms with Crippen LogP contribution in [0, 0.1) is 0 Å². The molecule has 0 aliphatic carbocycles. The first kappa shape index (κ1) is 73.8. The number of unbranched alkanes of at least 4 members (excludes halogenated alkanes) is 42. The van der Waals surface area contributed by atoms with Crippen molar-refractivity contribution in [3.05, 3.63) is 12.2 Å². The Bertz CT molecular complexity index is 1380. The number of carbonyl (C=O) groups is 1. The maximum absolute atomic E-state index is 13.3. The molecule has 9 N–H and O–H groups in total. The van der Waals surface area contributed by atoms with E-state index < -0.39 is 86.8 Å².